The van der Waals surface area contributed by atoms with Crippen molar-refractivity contribution in [3.05, 3.63) is 53.1 Å². The Morgan fingerprint density at radius 2 is 1.90 bits per heavy atom. The molecular weight excluding hydrogens is 304 g/mol. The zero-order valence-electron chi connectivity index (χ0n) is 11.9. The molecule has 3 nitrogen and oxygen atoms in total. The standard InChI is InChI=1S/C16H17ClN2OS/c1-11(20)19-14-4-6-15(7-5-14)21-16-8-3-13(17)9-12(16)10-18-2/h3-9,18H,10H2,1-2H3,(H,19,20). The second-order valence-electron chi connectivity index (χ2n) is 4.59. The van der Waals surface area contributed by atoms with Crippen molar-refractivity contribution in [1.29, 1.82) is 0 Å². The highest BCUT2D eigenvalue weighted by Gasteiger charge is 2.05. The first-order valence-electron chi connectivity index (χ1n) is 6.57. The van der Waals surface area contributed by atoms with Gasteiger partial charge in [0.05, 0.1) is 0 Å². The zero-order valence-corrected chi connectivity index (χ0v) is 13.5. The number of carbonyl (C=O) groups excluding carboxylic acids is 1. The van der Waals surface area contributed by atoms with Crippen molar-refractivity contribution in [2.45, 2.75) is 23.3 Å². The van der Waals surface area contributed by atoms with Crippen molar-refractivity contribution >= 4 is 35.0 Å². The molecule has 21 heavy (non-hydrogen) atoms. The van der Waals surface area contributed by atoms with Crippen LogP contribution in [0.3, 0.4) is 0 Å². The van der Waals surface area contributed by atoms with Gasteiger partial charge in [-0.15, -0.1) is 0 Å². The molecule has 2 N–H and O–H groups in total. The number of hydrogen-bond acceptors (Lipinski definition) is 3. The first kappa shape index (κ1) is 15.9. The largest absolute Gasteiger partial charge is 0.326 e. The van der Waals surface area contributed by atoms with E-state index in [9.17, 15) is 4.79 Å². The Labute approximate surface area is 134 Å². The third-order valence-electron chi connectivity index (χ3n) is 2.79. The van der Waals surface area contributed by atoms with E-state index in [-0.39, 0.29) is 5.91 Å². The van der Waals surface area contributed by atoms with E-state index in [0.717, 1.165) is 22.2 Å². The van der Waals surface area contributed by atoms with Crippen LogP contribution >= 0.6 is 23.4 Å². The second kappa shape index (κ2) is 7.50. The van der Waals surface area contributed by atoms with Crippen LogP contribution in [0.2, 0.25) is 5.02 Å². The fourth-order valence-corrected chi connectivity index (χ4v) is 3.03. The van der Waals surface area contributed by atoms with Crippen LogP contribution in [0, 0.1) is 0 Å². The van der Waals surface area contributed by atoms with Crippen molar-refractivity contribution in [1.82, 2.24) is 5.32 Å². The second-order valence-corrected chi connectivity index (χ2v) is 6.14. The third-order valence-corrected chi connectivity index (χ3v) is 4.15. The van der Waals surface area contributed by atoms with Gasteiger partial charge < -0.3 is 10.6 Å². The summed E-state index contributed by atoms with van der Waals surface area (Å²) >= 11 is 7.73. The van der Waals surface area contributed by atoms with E-state index in [1.54, 1.807) is 11.8 Å². The molecule has 5 heteroatoms. The normalized spacial score (nSPS) is 10.4. The minimum atomic E-state index is -0.0654. The predicted octanol–water partition coefficient (Wildman–Crippen LogP) is 4.17. The Balaban J connectivity index is 2.16. The summed E-state index contributed by atoms with van der Waals surface area (Å²) in [5.74, 6) is -0.0654. The lowest BCUT2D eigenvalue weighted by Gasteiger charge is -2.10. The lowest BCUT2D eigenvalue weighted by atomic mass is 10.2. The molecule has 0 atom stereocenters. The van der Waals surface area contributed by atoms with Gasteiger partial charge in [-0.1, -0.05) is 23.4 Å². The van der Waals surface area contributed by atoms with Crippen molar-refractivity contribution in [2.24, 2.45) is 0 Å². The Morgan fingerprint density at radius 1 is 1.19 bits per heavy atom. The van der Waals surface area contributed by atoms with E-state index in [2.05, 4.69) is 10.6 Å². The highest BCUT2D eigenvalue weighted by atomic mass is 35.5. The third kappa shape index (κ3) is 4.77. The molecule has 0 spiro atoms. The molecule has 0 heterocycles. The van der Waals surface area contributed by atoms with Gasteiger partial charge in [-0.3, -0.25) is 4.79 Å². The molecule has 110 valence electrons. The van der Waals surface area contributed by atoms with Crippen LogP contribution in [-0.2, 0) is 11.3 Å². The molecule has 1 amide bonds. The SMILES string of the molecule is CNCc1cc(Cl)ccc1Sc1ccc(NC(C)=O)cc1. The van der Waals surface area contributed by atoms with Gasteiger partial charge in [0.25, 0.3) is 0 Å². The number of hydrogen-bond donors (Lipinski definition) is 2. The molecule has 0 saturated heterocycles. The molecular formula is C16H17ClN2OS. The fraction of sp³-hybridized carbons (Fsp3) is 0.188. The van der Waals surface area contributed by atoms with Crippen LogP contribution in [0.1, 0.15) is 12.5 Å². The quantitative estimate of drug-likeness (QED) is 0.868. The molecule has 0 unspecified atom stereocenters. The summed E-state index contributed by atoms with van der Waals surface area (Å²) in [4.78, 5) is 13.3. The zero-order chi connectivity index (χ0) is 15.2. The van der Waals surface area contributed by atoms with Gasteiger partial charge in [0.15, 0.2) is 0 Å². The van der Waals surface area contributed by atoms with Gasteiger partial charge in [-0.25, -0.2) is 0 Å². The lowest BCUT2D eigenvalue weighted by Crippen LogP contribution is -2.06. The van der Waals surface area contributed by atoms with Gasteiger partial charge in [0, 0.05) is 34.0 Å². The van der Waals surface area contributed by atoms with Crippen LogP contribution in [-0.4, -0.2) is 13.0 Å². The van der Waals surface area contributed by atoms with E-state index in [4.69, 9.17) is 11.6 Å². The monoisotopic (exact) mass is 320 g/mol. The van der Waals surface area contributed by atoms with Gasteiger partial charge in [0.1, 0.15) is 0 Å². The van der Waals surface area contributed by atoms with Crippen LogP contribution in [0.15, 0.2) is 52.3 Å². The molecule has 0 aromatic heterocycles. The predicted molar refractivity (Wildman–Crippen MR) is 89.1 cm³/mol. The number of anilines is 1. The molecule has 0 saturated carbocycles. The minimum absolute atomic E-state index is 0.0654. The maximum absolute atomic E-state index is 11.0. The average Bonchev–Trinajstić information content (AvgIpc) is 2.43. The fourth-order valence-electron chi connectivity index (χ4n) is 1.91. The first-order chi connectivity index (χ1) is 10.1. The van der Waals surface area contributed by atoms with E-state index >= 15 is 0 Å². The van der Waals surface area contributed by atoms with Gasteiger partial charge in [-0.2, -0.15) is 0 Å². The highest BCUT2D eigenvalue weighted by molar-refractivity contribution is 7.99. The summed E-state index contributed by atoms with van der Waals surface area (Å²) in [6.45, 7) is 2.27. The summed E-state index contributed by atoms with van der Waals surface area (Å²) in [5.41, 5.74) is 1.97. The van der Waals surface area contributed by atoms with Crippen molar-refractivity contribution in [2.75, 3.05) is 12.4 Å². The summed E-state index contributed by atoms with van der Waals surface area (Å²) in [6, 6.07) is 13.7. The van der Waals surface area contributed by atoms with E-state index in [1.165, 1.54) is 17.4 Å². The van der Waals surface area contributed by atoms with E-state index in [1.807, 2.05) is 49.5 Å². The molecule has 0 aliphatic heterocycles. The Morgan fingerprint density at radius 3 is 2.52 bits per heavy atom. The van der Waals surface area contributed by atoms with Crippen LogP contribution in [0.5, 0.6) is 0 Å². The molecule has 2 rings (SSSR count). The Hall–Kier alpha value is -1.49. The number of benzene rings is 2. The van der Waals surface area contributed by atoms with Gasteiger partial charge in [-0.05, 0) is 55.1 Å². The smallest absolute Gasteiger partial charge is 0.221 e. The summed E-state index contributed by atoms with van der Waals surface area (Å²) in [6.07, 6.45) is 0. The molecule has 0 radical (unpaired) electrons. The van der Waals surface area contributed by atoms with E-state index < -0.39 is 0 Å². The van der Waals surface area contributed by atoms with Crippen LogP contribution in [0.4, 0.5) is 5.69 Å². The minimum Gasteiger partial charge on any atom is -0.326 e. The Bertz CT molecular complexity index is 629. The van der Waals surface area contributed by atoms with Crippen molar-refractivity contribution in [3.63, 3.8) is 0 Å². The maximum Gasteiger partial charge on any atom is 0.221 e. The highest BCUT2D eigenvalue weighted by Crippen LogP contribution is 2.32. The van der Waals surface area contributed by atoms with Crippen LogP contribution in [0.25, 0.3) is 0 Å². The molecule has 0 fully saturated rings. The molecule has 2 aromatic rings. The summed E-state index contributed by atoms with van der Waals surface area (Å²) < 4.78 is 0. The van der Waals surface area contributed by atoms with E-state index in [0.29, 0.717) is 0 Å². The average molecular weight is 321 g/mol. The van der Waals surface area contributed by atoms with Gasteiger partial charge in [0.2, 0.25) is 5.91 Å². The number of amides is 1. The molecule has 2 aromatic carbocycles. The topological polar surface area (TPSA) is 41.1 Å². The molecule has 0 aliphatic carbocycles. The Kier molecular flexibility index (Phi) is 5.67. The molecule has 0 bridgehead atoms. The number of halogens is 1. The lowest BCUT2D eigenvalue weighted by molar-refractivity contribution is -0.114. The number of nitrogens with one attached hydrogen (secondary N) is 2. The number of rotatable bonds is 5. The van der Waals surface area contributed by atoms with Crippen LogP contribution < -0.4 is 10.6 Å². The summed E-state index contributed by atoms with van der Waals surface area (Å²) in [5, 5.41) is 6.65. The number of carbonyl (C=O) groups is 1. The van der Waals surface area contributed by atoms with Crippen molar-refractivity contribution in [3.8, 4) is 0 Å². The van der Waals surface area contributed by atoms with Gasteiger partial charge >= 0.3 is 0 Å². The van der Waals surface area contributed by atoms with Crippen molar-refractivity contribution < 1.29 is 4.79 Å². The maximum atomic E-state index is 11.0. The summed E-state index contributed by atoms with van der Waals surface area (Å²) in [7, 11) is 1.91. The first-order valence-corrected chi connectivity index (χ1v) is 7.76. The molecule has 0 aliphatic rings.